The minimum absolute atomic E-state index is 0.116. The summed E-state index contributed by atoms with van der Waals surface area (Å²) in [6, 6.07) is 15.1. The number of sulfonamides is 1. The summed E-state index contributed by atoms with van der Waals surface area (Å²) in [7, 11) is -2.19. The van der Waals surface area contributed by atoms with Crippen LogP contribution in [0.5, 0.6) is 0 Å². The molecule has 26 heavy (non-hydrogen) atoms. The van der Waals surface area contributed by atoms with Crippen molar-refractivity contribution in [3.05, 3.63) is 65.2 Å². The second-order valence-corrected chi connectivity index (χ2v) is 7.65. The van der Waals surface area contributed by atoms with E-state index >= 15 is 0 Å². The summed E-state index contributed by atoms with van der Waals surface area (Å²) in [5.41, 5.74) is 1.94. The molecule has 6 nitrogen and oxygen atoms in total. The van der Waals surface area contributed by atoms with E-state index in [4.69, 9.17) is 5.26 Å². The third-order valence-corrected chi connectivity index (χ3v) is 5.35. The normalized spacial score (nSPS) is 11.0. The van der Waals surface area contributed by atoms with Gasteiger partial charge in [-0.25, -0.2) is 13.1 Å². The molecule has 0 saturated heterocycles. The van der Waals surface area contributed by atoms with Gasteiger partial charge in [-0.2, -0.15) is 5.26 Å². The van der Waals surface area contributed by atoms with Crippen molar-refractivity contribution >= 4 is 15.9 Å². The minimum atomic E-state index is -3.53. The van der Waals surface area contributed by atoms with E-state index in [1.165, 1.54) is 31.3 Å². The predicted molar refractivity (Wildman–Crippen MR) is 98.9 cm³/mol. The van der Waals surface area contributed by atoms with Crippen molar-refractivity contribution in [2.75, 3.05) is 13.6 Å². The second kappa shape index (κ2) is 8.61. The number of nitrogens with zero attached hydrogens (tertiary/aromatic N) is 2. The Hall–Kier alpha value is -2.69. The molecule has 0 saturated carbocycles. The van der Waals surface area contributed by atoms with Crippen LogP contribution in [0.4, 0.5) is 0 Å². The SMILES string of the molecule is CCCN(Cc1ccc(C#N)cc1)C(=O)c1ccc(S(=O)(=O)NC)cc1. The van der Waals surface area contributed by atoms with Crippen LogP contribution < -0.4 is 4.72 Å². The fourth-order valence-corrected chi connectivity index (χ4v) is 3.23. The van der Waals surface area contributed by atoms with Crippen molar-refractivity contribution in [2.24, 2.45) is 0 Å². The van der Waals surface area contributed by atoms with Crippen LogP contribution in [0.2, 0.25) is 0 Å². The molecule has 0 aromatic heterocycles. The van der Waals surface area contributed by atoms with Crippen LogP contribution in [0.15, 0.2) is 53.4 Å². The lowest BCUT2D eigenvalue weighted by Crippen LogP contribution is -2.31. The number of nitriles is 1. The van der Waals surface area contributed by atoms with E-state index in [2.05, 4.69) is 10.8 Å². The van der Waals surface area contributed by atoms with Gasteiger partial charge in [0.25, 0.3) is 5.91 Å². The topological polar surface area (TPSA) is 90.3 Å². The lowest BCUT2D eigenvalue weighted by atomic mass is 10.1. The summed E-state index contributed by atoms with van der Waals surface area (Å²) in [5.74, 6) is -0.162. The van der Waals surface area contributed by atoms with E-state index in [0.29, 0.717) is 24.2 Å². The Kier molecular flexibility index (Phi) is 6.50. The molecule has 0 aliphatic carbocycles. The zero-order valence-electron chi connectivity index (χ0n) is 14.8. The van der Waals surface area contributed by atoms with Crippen molar-refractivity contribution in [2.45, 2.75) is 24.8 Å². The molecule has 0 unspecified atom stereocenters. The third kappa shape index (κ3) is 4.69. The average Bonchev–Trinajstić information content (AvgIpc) is 2.67. The maximum atomic E-state index is 12.8. The lowest BCUT2D eigenvalue weighted by Gasteiger charge is -2.22. The molecule has 0 atom stereocenters. The molecular weight excluding hydrogens is 350 g/mol. The molecule has 2 aromatic carbocycles. The molecular formula is C19H21N3O3S. The Morgan fingerprint density at radius 2 is 1.73 bits per heavy atom. The smallest absolute Gasteiger partial charge is 0.254 e. The van der Waals surface area contributed by atoms with Crippen molar-refractivity contribution in [1.29, 1.82) is 5.26 Å². The van der Waals surface area contributed by atoms with Crippen LogP contribution >= 0.6 is 0 Å². The van der Waals surface area contributed by atoms with Crippen molar-refractivity contribution in [3.63, 3.8) is 0 Å². The number of hydrogen-bond acceptors (Lipinski definition) is 4. The molecule has 0 radical (unpaired) electrons. The highest BCUT2D eigenvalue weighted by Crippen LogP contribution is 2.15. The maximum absolute atomic E-state index is 12.8. The van der Waals surface area contributed by atoms with Gasteiger partial charge in [0.2, 0.25) is 10.0 Å². The Balaban J connectivity index is 2.20. The molecule has 0 aliphatic rings. The van der Waals surface area contributed by atoms with Crippen molar-refractivity contribution in [1.82, 2.24) is 9.62 Å². The minimum Gasteiger partial charge on any atom is -0.334 e. The molecule has 7 heteroatoms. The van der Waals surface area contributed by atoms with Gasteiger partial charge in [-0.05, 0) is 55.4 Å². The van der Waals surface area contributed by atoms with Gasteiger partial charge in [0, 0.05) is 18.7 Å². The van der Waals surface area contributed by atoms with E-state index < -0.39 is 10.0 Å². The van der Waals surface area contributed by atoms with Gasteiger partial charge in [-0.1, -0.05) is 19.1 Å². The number of nitrogens with one attached hydrogen (secondary N) is 1. The number of rotatable bonds is 7. The van der Waals surface area contributed by atoms with Crippen LogP contribution in [0.3, 0.4) is 0 Å². The Morgan fingerprint density at radius 3 is 2.23 bits per heavy atom. The lowest BCUT2D eigenvalue weighted by molar-refractivity contribution is 0.0743. The van der Waals surface area contributed by atoms with Gasteiger partial charge in [-0.3, -0.25) is 4.79 Å². The van der Waals surface area contributed by atoms with Gasteiger partial charge in [0.05, 0.1) is 16.5 Å². The van der Waals surface area contributed by atoms with Crippen molar-refractivity contribution in [3.8, 4) is 6.07 Å². The van der Waals surface area contributed by atoms with Gasteiger partial charge < -0.3 is 4.90 Å². The largest absolute Gasteiger partial charge is 0.334 e. The first-order chi connectivity index (χ1) is 12.4. The summed E-state index contributed by atoms with van der Waals surface area (Å²) in [6.45, 7) is 2.99. The molecule has 0 spiro atoms. The molecule has 0 aliphatic heterocycles. The molecule has 2 rings (SSSR count). The van der Waals surface area contributed by atoms with Crippen molar-refractivity contribution < 1.29 is 13.2 Å². The number of benzene rings is 2. The molecule has 0 fully saturated rings. The summed E-state index contributed by atoms with van der Waals surface area (Å²) in [5, 5.41) is 8.87. The van der Waals surface area contributed by atoms with Gasteiger partial charge in [-0.15, -0.1) is 0 Å². The molecule has 0 bridgehead atoms. The zero-order valence-corrected chi connectivity index (χ0v) is 15.6. The highest BCUT2D eigenvalue weighted by atomic mass is 32.2. The monoisotopic (exact) mass is 371 g/mol. The van der Waals surface area contributed by atoms with Crippen LogP contribution in [-0.2, 0) is 16.6 Å². The van der Waals surface area contributed by atoms with E-state index in [0.717, 1.165) is 12.0 Å². The van der Waals surface area contributed by atoms with E-state index in [9.17, 15) is 13.2 Å². The summed E-state index contributed by atoms with van der Waals surface area (Å²) >= 11 is 0. The molecule has 0 heterocycles. The standard InChI is InChI=1S/C19H21N3O3S/c1-3-12-22(14-16-6-4-15(13-20)5-7-16)19(23)17-8-10-18(11-9-17)26(24,25)21-2/h4-11,21H,3,12,14H2,1-2H3. The summed E-state index contributed by atoms with van der Waals surface area (Å²) in [6.07, 6.45) is 0.800. The molecule has 2 aromatic rings. The van der Waals surface area contributed by atoms with Gasteiger partial charge in [0.1, 0.15) is 0 Å². The fourth-order valence-electron chi connectivity index (χ4n) is 2.50. The predicted octanol–water partition coefficient (Wildman–Crippen LogP) is 2.52. The number of carbonyl (C=O) groups is 1. The highest BCUT2D eigenvalue weighted by Gasteiger charge is 2.17. The van der Waals surface area contributed by atoms with Crippen LogP contribution in [0.1, 0.15) is 34.8 Å². The zero-order chi connectivity index (χ0) is 19.2. The van der Waals surface area contributed by atoms with Gasteiger partial charge >= 0.3 is 0 Å². The number of carbonyl (C=O) groups excluding carboxylic acids is 1. The fraction of sp³-hybridized carbons (Fsp3) is 0.263. The summed E-state index contributed by atoms with van der Waals surface area (Å²) in [4.78, 5) is 14.6. The quantitative estimate of drug-likeness (QED) is 0.810. The number of amides is 1. The molecule has 136 valence electrons. The average molecular weight is 371 g/mol. The number of hydrogen-bond donors (Lipinski definition) is 1. The van der Waals surface area contributed by atoms with Gasteiger partial charge in [0.15, 0.2) is 0 Å². The first-order valence-corrected chi connectivity index (χ1v) is 9.71. The first-order valence-electron chi connectivity index (χ1n) is 8.23. The maximum Gasteiger partial charge on any atom is 0.254 e. The van der Waals surface area contributed by atoms with Crippen LogP contribution in [0, 0.1) is 11.3 Å². The molecule has 1 N–H and O–H groups in total. The van der Waals surface area contributed by atoms with Crippen LogP contribution in [0.25, 0.3) is 0 Å². The van der Waals surface area contributed by atoms with E-state index in [1.54, 1.807) is 17.0 Å². The van der Waals surface area contributed by atoms with E-state index in [-0.39, 0.29) is 10.8 Å². The Bertz CT molecular complexity index is 899. The summed E-state index contributed by atoms with van der Waals surface area (Å²) < 4.78 is 25.8. The second-order valence-electron chi connectivity index (χ2n) is 5.77. The van der Waals surface area contributed by atoms with Crippen LogP contribution in [-0.4, -0.2) is 32.8 Å². The molecule has 1 amide bonds. The Morgan fingerprint density at radius 1 is 1.12 bits per heavy atom. The van der Waals surface area contributed by atoms with E-state index in [1.807, 2.05) is 19.1 Å². The first kappa shape index (κ1) is 19.6. The highest BCUT2D eigenvalue weighted by molar-refractivity contribution is 7.89. The third-order valence-electron chi connectivity index (χ3n) is 3.92. The Labute approximate surface area is 154 Å².